The van der Waals surface area contributed by atoms with Crippen molar-refractivity contribution in [3.05, 3.63) is 35.4 Å². The summed E-state index contributed by atoms with van der Waals surface area (Å²) in [5.74, 6) is -2.24. The Morgan fingerprint density at radius 1 is 0.871 bits per heavy atom. The van der Waals surface area contributed by atoms with Crippen molar-refractivity contribution in [3.63, 3.8) is 0 Å². The number of aliphatic hydroxyl groups excluding tert-OH is 7. The Hall–Kier alpha value is -1.22. The van der Waals surface area contributed by atoms with Crippen LogP contribution in [-0.2, 0) is 20.6 Å². The summed E-state index contributed by atoms with van der Waals surface area (Å²) in [4.78, 5) is 0. The van der Waals surface area contributed by atoms with E-state index in [-0.39, 0.29) is 6.42 Å². The molecule has 1 aromatic carbocycles. The molecule has 8 N–H and O–H groups in total. The first-order chi connectivity index (χ1) is 14.6. The minimum Gasteiger partial charge on any atom is -0.394 e. The number of ether oxygens (including phenoxy) is 3. The summed E-state index contributed by atoms with van der Waals surface area (Å²) in [7, 11) is 0. The molecule has 0 aliphatic carbocycles. The summed E-state index contributed by atoms with van der Waals surface area (Å²) in [5.41, 5.74) is 1.60. The molecule has 0 aromatic heterocycles. The second-order valence-electron chi connectivity index (χ2n) is 8.08. The van der Waals surface area contributed by atoms with E-state index in [1.807, 2.05) is 6.92 Å². The molecule has 11 nitrogen and oxygen atoms in total. The van der Waals surface area contributed by atoms with Gasteiger partial charge in [0, 0.05) is 6.42 Å². The number of hydrogen-bond donors (Lipinski definition) is 8. The van der Waals surface area contributed by atoms with Gasteiger partial charge >= 0.3 is 0 Å². The van der Waals surface area contributed by atoms with Crippen LogP contribution in [0.5, 0.6) is 0 Å². The topological polar surface area (TPSA) is 190 Å². The highest BCUT2D eigenvalue weighted by atomic mass is 16.7. The highest BCUT2D eigenvalue weighted by molar-refractivity contribution is 5.23. The first-order valence-electron chi connectivity index (χ1n) is 10.00. The monoisotopic (exact) mass is 446 g/mol. The maximum Gasteiger partial charge on any atom is 0.199 e. The van der Waals surface area contributed by atoms with Crippen LogP contribution in [0.25, 0.3) is 0 Å². The average molecular weight is 446 g/mol. The van der Waals surface area contributed by atoms with E-state index in [0.29, 0.717) is 5.56 Å². The van der Waals surface area contributed by atoms with Gasteiger partial charge in [-0.3, -0.25) is 0 Å². The minimum absolute atomic E-state index is 0.186. The summed E-state index contributed by atoms with van der Waals surface area (Å²) in [6, 6.07) is 7.05. The molecule has 0 amide bonds. The number of aryl methyl sites for hydroxylation is 1. The fraction of sp³-hybridized carbons (Fsp3) is 0.700. The van der Waals surface area contributed by atoms with Crippen molar-refractivity contribution in [3.8, 4) is 0 Å². The minimum atomic E-state index is -2.24. The van der Waals surface area contributed by atoms with Crippen LogP contribution >= 0.6 is 0 Å². The van der Waals surface area contributed by atoms with Crippen LogP contribution < -0.4 is 0 Å². The lowest BCUT2D eigenvalue weighted by Gasteiger charge is -2.49. The molecule has 1 aromatic rings. The van der Waals surface area contributed by atoms with Crippen LogP contribution in [0.4, 0.5) is 0 Å². The first kappa shape index (κ1) is 24.4. The number of rotatable bonds is 6. The number of aliphatic hydroxyl groups is 8. The van der Waals surface area contributed by atoms with Crippen LogP contribution in [0.3, 0.4) is 0 Å². The molecule has 0 unspecified atom stereocenters. The van der Waals surface area contributed by atoms with Gasteiger partial charge in [0.15, 0.2) is 12.1 Å². The zero-order valence-corrected chi connectivity index (χ0v) is 16.9. The molecule has 0 spiro atoms. The molecule has 2 fully saturated rings. The zero-order chi connectivity index (χ0) is 22.9. The van der Waals surface area contributed by atoms with Crippen LogP contribution in [0, 0.1) is 6.92 Å². The molecule has 0 radical (unpaired) electrons. The fourth-order valence-corrected chi connectivity index (χ4v) is 3.85. The van der Waals surface area contributed by atoms with Gasteiger partial charge in [0.1, 0.15) is 48.8 Å². The first-order valence-corrected chi connectivity index (χ1v) is 10.00. The van der Waals surface area contributed by atoms with Gasteiger partial charge in [0.25, 0.3) is 0 Å². The van der Waals surface area contributed by atoms with E-state index in [1.165, 1.54) is 0 Å². The Bertz CT molecular complexity index is 712. The summed E-state index contributed by atoms with van der Waals surface area (Å²) in [6.07, 6.45) is -14.6. The Morgan fingerprint density at radius 3 is 2.06 bits per heavy atom. The second-order valence-corrected chi connectivity index (χ2v) is 8.08. The van der Waals surface area contributed by atoms with Crippen LogP contribution in [-0.4, -0.2) is 115 Å². The van der Waals surface area contributed by atoms with Crippen LogP contribution in [0.2, 0.25) is 0 Å². The normalized spacial score (nSPS) is 43.7. The van der Waals surface area contributed by atoms with E-state index >= 15 is 0 Å². The third-order valence-corrected chi connectivity index (χ3v) is 5.74. The van der Waals surface area contributed by atoms with Gasteiger partial charge in [-0.05, 0) is 12.5 Å². The fourth-order valence-electron chi connectivity index (χ4n) is 3.85. The molecule has 2 heterocycles. The summed E-state index contributed by atoms with van der Waals surface area (Å²) in [6.45, 7) is 0.482. The molecule has 0 saturated carbocycles. The van der Waals surface area contributed by atoms with Crippen LogP contribution in [0.1, 0.15) is 11.1 Å². The molecule has 3 rings (SSSR count). The van der Waals surface area contributed by atoms with Gasteiger partial charge in [0.2, 0.25) is 0 Å². The highest BCUT2D eigenvalue weighted by Gasteiger charge is 2.55. The molecular weight excluding hydrogens is 416 g/mol. The molecule has 2 saturated heterocycles. The molecule has 176 valence electrons. The van der Waals surface area contributed by atoms with E-state index in [4.69, 9.17) is 14.2 Å². The third-order valence-electron chi connectivity index (χ3n) is 5.74. The molecule has 10 atom stereocenters. The maximum absolute atomic E-state index is 10.9. The molecule has 31 heavy (non-hydrogen) atoms. The van der Waals surface area contributed by atoms with Crippen LogP contribution in [0.15, 0.2) is 24.3 Å². The lowest BCUT2D eigenvalue weighted by atomic mass is 9.88. The summed E-state index contributed by atoms with van der Waals surface area (Å²) >= 11 is 0. The van der Waals surface area contributed by atoms with Crippen molar-refractivity contribution in [1.82, 2.24) is 0 Å². The average Bonchev–Trinajstić information content (AvgIpc) is 2.75. The van der Waals surface area contributed by atoms with Gasteiger partial charge in [-0.15, -0.1) is 0 Å². The van der Waals surface area contributed by atoms with Crippen molar-refractivity contribution >= 4 is 0 Å². The van der Waals surface area contributed by atoms with Gasteiger partial charge in [-0.25, -0.2) is 0 Å². The quantitative estimate of drug-likeness (QED) is 0.217. The lowest BCUT2D eigenvalue weighted by Crippen LogP contribution is -2.68. The Morgan fingerprint density at radius 2 is 1.48 bits per heavy atom. The van der Waals surface area contributed by atoms with E-state index < -0.39 is 74.1 Å². The van der Waals surface area contributed by atoms with E-state index in [2.05, 4.69) is 0 Å². The van der Waals surface area contributed by atoms with Gasteiger partial charge in [-0.1, -0.05) is 29.8 Å². The lowest BCUT2D eigenvalue weighted by molar-refractivity contribution is -0.383. The predicted octanol–water partition coefficient (Wildman–Crippen LogP) is -3.48. The van der Waals surface area contributed by atoms with Gasteiger partial charge < -0.3 is 55.1 Å². The summed E-state index contributed by atoms with van der Waals surface area (Å²) in [5, 5.41) is 81.0. The number of benzene rings is 1. The van der Waals surface area contributed by atoms with Crippen molar-refractivity contribution in [2.75, 3.05) is 13.2 Å². The Balaban J connectivity index is 1.76. The standard InChI is InChI=1S/C20H30O11/c1-9-2-4-10(5-3-9)6-20(28)18(27)16(26)17(12(8-22)31-20)30-19-15(25)14(24)13(23)11(7-21)29-19/h2-5,11-19,21-28H,6-8H2,1H3/t11-,12-,13+,14+,15-,16+,17-,18-,19+,20-/m1/s1. The second kappa shape index (κ2) is 9.73. The van der Waals surface area contributed by atoms with E-state index in [1.54, 1.807) is 24.3 Å². The Kier molecular flexibility index (Phi) is 7.66. The third kappa shape index (κ3) is 4.92. The number of hydrogen-bond acceptors (Lipinski definition) is 11. The summed E-state index contributed by atoms with van der Waals surface area (Å²) < 4.78 is 16.2. The van der Waals surface area contributed by atoms with E-state index in [9.17, 15) is 40.9 Å². The predicted molar refractivity (Wildman–Crippen MR) is 102 cm³/mol. The van der Waals surface area contributed by atoms with Crippen molar-refractivity contribution in [2.45, 2.75) is 74.3 Å². The molecule has 0 bridgehead atoms. The van der Waals surface area contributed by atoms with Crippen molar-refractivity contribution in [1.29, 1.82) is 0 Å². The maximum atomic E-state index is 10.9. The molecule has 2 aliphatic rings. The SMILES string of the molecule is Cc1ccc(C[C@@]2(O)O[C@H](CO)[C@@H](O[C@@H]3O[C@H](CO)[C@H](O)[C@H](O)[C@H]3O)[C@H](O)[C@H]2O)cc1. The molecular formula is C20H30O11. The van der Waals surface area contributed by atoms with Gasteiger partial charge in [-0.2, -0.15) is 0 Å². The smallest absolute Gasteiger partial charge is 0.199 e. The zero-order valence-electron chi connectivity index (χ0n) is 16.9. The van der Waals surface area contributed by atoms with Crippen molar-refractivity contribution < 1.29 is 55.1 Å². The molecule has 2 aliphatic heterocycles. The largest absolute Gasteiger partial charge is 0.394 e. The van der Waals surface area contributed by atoms with Crippen molar-refractivity contribution in [2.24, 2.45) is 0 Å². The highest BCUT2D eigenvalue weighted by Crippen LogP contribution is 2.34. The molecule has 11 heteroatoms. The van der Waals surface area contributed by atoms with E-state index in [0.717, 1.165) is 5.56 Å². The Labute approximate surface area is 178 Å². The van der Waals surface area contributed by atoms with Gasteiger partial charge in [0.05, 0.1) is 13.2 Å².